The Hall–Kier alpha value is -1.46. The van der Waals surface area contributed by atoms with E-state index in [0.29, 0.717) is 22.4 Å². The zero-order valence-corrected chi connectivity index (χ0v) is 38.3. The fraction of sp³-hybridized carbons (Fsp3) is 0.841. The maximum absolute atomic E-state index is 15.0. The number of hydrogen-bond donors (Lipinski definition) is 1. The average molecular weight is 851 g/mol. The normalized spacial score (nSPS) is 36.5. The largest absolute Gasteiger partial charge is 0.462 e. The van der Waals surface area contributed by atoms with Gasteiger partial charge in [-0.2, -0.15) is 0 Å². The van der Waals surface area contributed by atoms with Crippen molar-refractivity contribution in [2.24, 2.45) is 29.6 Å². The number of thiol groups is 1. The minimum Gasteiger partial charge on any atom is -0.462 e. The van der Waals surface area contributed by atoms with Crippen LogP contribution in [0, 0.1) is 29.6 Å². The highest BCUT2D eigenvalue weighted by Gasteiger charge is 2.56. The Morgan fingerprint density at radius 1 is 0.948 bits per heavy atom. The highest BCUT2D eigenvalue weighted by molar-refractivity contribution is 7.82. The van der Waals surface area contributed by atoms with Gasteiger partial charge in [0, 0.05) is 63.0 Å². The summed E-state index contributed by atoms with van der Waals surface area (Å²) >= 11 is 6.38. The summed E-state index contributed by atoms with van der Waals surface area (Å²) in [5.41, 5.74) is 1.66. The third-order valence-corrected chi connectivity index (χ3v) is 15.3. The maximum Gasteiger partial charge on any atom is 0.306 e. The third-order valence-electron chi connectivity index (χ3n) is 14.0. The summed E-state index contributed by atoms with van der Waals surface area (Å²) in [6, 6.07) is 0.317. The number of likely N-dealkylation sites (N-methyl/N-ethyl adjacent to an activating group) is 1. The van der Waals surface area contributed by atoms with Crippen molar-refractivity contribution in [2.75, 3.05) is 42.5 Å². The Morgan fingerprint density at radius 3 is 2.29 bits per heavy atom. The van der Waals surface area contributed by atoms with Crippen molar-refractivity contribution in [2.45, 2.75) is 170 Å². The van der Waals surface area contributed by atoms with E-state index >= 15 is 0 Å². The van der Waals surface area contributed by atoms with Crippen LogP contribution < -0.4 is 0 Å². The van der Waals surface area contributed by atoms with Crippen LogP contribution in [0.15, 0.2) is 16.0 Å². The number of carbonyl (C=O) groups is 2. The minimum atomic E-state index is -0.712. The molecular weight excluding hydrogens is 781 g/mol. The number of ether oxygens (including phenoxy) is 8. The second-order valence-corrected chi connectivity index (χ2v) is 19.6. The quantitative estimate of drug-likeness (QED) is 0.116. The molecule has 0 amide bonds. The standard InChI is InChI=1S/C44H70N2O10S2/c1-12-25-14-13-15-33(56-35-17-16-32(46(6)7)24(5)53-35)23(4)38(48)30-20-28-27-18-26(55-43(52-11)41(51-10)40(50-9)39(49-8)22(2)3)19-31(27)42-37(45-44(57)58-42)36(28)29(30)21-34(47)54-25/h20,22-29,31-33,35-36,39-41,43H,12-19,21H2,1-11H3,(H,45,57)/t23-,24?,25+,26+,27+,28+,29-,31-,32+,33+,35+,36-,39?,40?,41?,43?/m1/s1. The molecule has 2 saturated heterocycles. The van der Waals surface area contributed by atoms with Gasteiger partial charge in [-0.25, -0.2) is 4.98 Å². The molecule has 58 heavy (non-hydrogen) atoms. The van der Waals surface area contributed by atoms with Gasteiger partial charge in [0.2, 0.25) is 0 Å². The molecule has 5 unspecified atom stereocenters. The lowest BCUT2D eigenvalue weighted by Crippen LogP contribution is -2.51. The summed E-state index contributed by atoms with van der Waals surface area (Å²) in [4.78, 5) is 37.3. The van der Waals surface area contributed by atoms with Gasteiger partial charge in [-0.05, 0) is 95.7 Å². The molecule has 328 valence electrons. The second kappa shape index (κ2) is 20.2. The minimum absolute atomic E-state index is 0.0133. The zero-order chi connectivity index (χ0) is 42.0. The van der Waals surface area contributed by atoms with E-state index in [9.17, 15) is 9.59 Å². The zero-order valence-electron chi connectivity index (χ0n) is 36.6. The molecule has 12 nitrogen and oxygen atoms in total. The van der Waals surface area contributed by atoms with E-state index in [0.717, 1.165) is 50.6 Å². The number of Topliss-reactive ketones (excluding diaryl/α,β-unsaturated/α-hetero) is 1. The molecule has 3 aliphatic carbocycles. The summed E-state index contributed by atoms with van der Waals surface area (Å²) in [6.45, 7) is 10.3. The number of nitrogens with zero attached hydrogens (tertiary/aromatic N) is 2. The van der Waals surface area contributed by atoms with Crippen LogP contribution in [0.5, 0.6) is 0 Å². The maximum atomic E-state index is 15.0. The first-order valence-corrected chi connectivity index (χ1v) is 22.9. The predicted molar refractivity (Wildman–Crippen MR) is 224 cm³/mol. The predicted octanol–water partition coefficient (Wildman–Crippen LogP) is 7.20. The van der Waals surface area contributed by atoms with Crippen LogP contribution in [0.2, 0.25) is 0 Å². The lowest BCUT2D eigenvalue weighted by atomic mass is 9.67. The molecule has 0 aromatic carbocycles. The summed E-state index contributed by atoms with van der Waals surface area (Å²) in [5, 5.41) is 0. The number of thiazole rings is 1. The first kappa shape index (κ1) is 46.1. The number of cyclic esters (lactones) is 1. The van der Waals surface area contributed by atoms with Crippen LogP contribution >= 0.6 is 24.0 Å². The highest BCUT2D eigenvalue weighted by Crippen LogP contribution is 2.62. The van der Waals surface area contributed by atoms with Gasteiger partial charge in [0.05, 0.1) is 36.5 Å². The van der Waals surface area contributed by atoms with Gasteiger partial charge in [0.15, 0.2) is 18.4 Å². The van der Waals surface area contributed by atoms with Crippen molar-refractivity contribution in [3.05, 3.63) is 22.2 Å². The van der Waals surface area contributed by atoms with Gasteiger partial charge < -0.3 is 42.8 Å². The van der Waals surface area contributed by atoms with Gasteiger partial charge in [-0.1, -0.05) is 33.8 Å². The average Bonchev–Trinajstić information content (AvgIpc) is 3.89. The van der Waals surface area contributed by atoms with Gasteiger partial charge in [-0.15, -0.1) is 24.0 Å². The highest BCUT2D eigenvalue weighted by atomic mass is 32.2. The summed E-state index contributed by atoms with van der Waals surface area (Å²) in [6.07, 6.45) is 5.47. The van der Waals surface area contributed by atoms with Crippen molar-refractivity contribution in [1.82, 2.24) is 9.88 Å². The van der Waals surface area contributed by atoms with E-state index in [1.807, 2.05) is 6.92 Å². The first-order chi connectivity index (χ1) is 27.7. The number of rotatable bonds is 14. The van der Waals surface area contributed by atoms with Crippen molar-refractivity contribution >= 4 is 35.7 Å². The number of carbonyl (C=O) groups excluding carboxylic acids is 2. The van der Waals surface area contributed by atoms with Crippen LogP contribution in [0.4, 0.5) is 0 Å². The number of aromatic nitrogens is 1. The molecule has 0 radical (unpaired) electrons. The monoisotopic (exact) mass is 850 g/mol. The van der Waals surface area contributed by atoms with Gasteiger partial charge in [-0.3, -0.25) is 9.59 Å². The number of ketones is 1. The van der Waals surface area contributed by atoms with E-state index in [4.69, 9.17) is 55.5 Å². The fourth-order valence-electron chi connectivity index (χ4n) is 11.0. The first-order valence-electron chi connectivity index (χ1n) is 21.6. The van der Waals surface area contributed by atoms with Crippen LogP contribution in [-0.4, -0.2) is 126 Å². The molecule has 2 aliphatic heterocycles. The third kappa shape index (κ3) is 9.61. The number of allylic oxidation sites excluding steroid dienone is 2. The molecule has 1 aromatic rings. The van der Waals surface area contributed by atoms with Crippen molar-refractivity contribution in [1.29, 1.82) is 0 Å². The van der Waals surface area contributed by atoms with Crippen LogP contribution in [0.3, 0.4) is 0 Å². The number of hydrogen-bond acceptors (Lipinski definition) is 14. The lowest BCUT2D eigenvalue weighted by molar-refractivity contribution is -0.246. The molecule has 1 aromatic heterocycles. The van der Waals surface area contributed by atoms with E-state index in [2.05, 4.69) is 52.8 Å². The van der Waals surface area contributed by atoms with Crippen LogP contribution in [0.1, 0.15) is 115 Å². The van der Waals surface area contributed by atoms with E-state index in [1.165, 1.54) is 4.88 Å². The van der Waals surface area contributed by atoms with Gasteiger partial charge >= 0.3 is 5.97 Å². The molecule has 1 saturated carbocycles. The van der Waals surface area contributed by atoms with Crippen molar-refractivity contribution < 1.29 is 47.5 Å². The Bertz CT molecular complexity index is 1570. The molecule has 3 fully saturated rings. The van der Waals surface area contributed by atoms with Crippen LogP contribution in [-0.2, 0) is 47.5 Å². The summed E-state index contributed by atoms with van der Waals surface area (Å²) < 4.78 is 50.7. The van der Waals surface area contributed by atoms with E-state index < -0.39 is 24.4 Å². The Labute approximate surface area is 356 Å². The second-order valence-electron chi connectivity index (χ2n) is 17.9. The number of fused-ring (bicyclic) bond motifs is 8. The fourth-order valence-corrected chi connectivity index (χ4v) is 12.5. The summed E-state index contributed by atoms with van der Waals surface area (Å²) in [5.74, 6) is -0.728. The van der Waals surface area contributed by atoms with Gasteiger partial charge in [0.25, 0.3) is 0 Å². The molecule has 6 rings (SSSR count). The van der Waals surface area contributed by atoms with Crippen molar-refractivity contribution in [3.8, 4) is 0 Å². The SMILES string of the molecule is CC[C@H]1CCC[C@H](O[C@H]2CC[C@H](N(C)C)C(C)O2)[C@@H](C)C(=O)C2=C[C@H]3[C@@H]4C[C@H](OC(OC)C(OC)C(OC)C(OC)C(C)C)C[C@H]4c4sc(S)nc4[C@H]3[C@@H]2CC(=O)O1. The molecular formula is C44H70N2O10S2. The smallest absolute Gasteiger partial charge is 0.306 e. The van der Waals surface area contributed by atoms with Gasteiger partial charge in [0.1, 0.15) is 22.7 Å². The molecule has 3 heterocycles. The number of methoxy groups -OCH3 is 4. The molecule has 14 heteroatoms. The lowest BCUT2D eigenvalue weighted by Gasteiger charge is -2.40. The Balaban J connectivity index is 1.30. The molecule has 5 aliphatic rings. The Morgan fingerprint density at radius 2 is 1.67 bits per heavy atom. The molecule has 0 N–H and O–H groups in total. The number of esters is 1. The molecule has 0 bridgehead atoms. The topological polar surface area (TPSA) is 124 Å². The van der Waals surface area contributed by atoms with Crippen LogP contribution in [0.25, 0.3) is 0 Å². The Kier molecular flexibility index (Phi) is 16.0. The van der Waals surface area contributed by atoms with Crippen molar-refractivity contribution in [3.63, 3.8) is 0 Å². The van der Waals surface area contributed by atoms with E-state index in [-0.39, 0.29) is 90.5 Å². The summed E-state index contributed by atoms with van der Waals surface area (Å²) in [7, 11) is 10.8. The molecule has 16 atom stereocenters. The molecule has 0 spiro atoms. The van der Waals surface area contributed by atoms with E-state index in [1.54, 1.807) is 39.8 Å².